The smallest absolute Gasteiger partial charge is 0.191 e. The zero-order valence-corrected chi connectivity index (χ0v) is 18.8. The SMILES string of the molecule is COc1ccc(-c2nnc(SCC(=O)c3cc(C)n(Cc4ccco4)c3C)n2C)cc1. The molecule has 0 radical (unpaired) electrons. The number of thioether (sulfide) groups is 1. The molecule has 31 heavy (non-hydrogen) atoms. The minimum atomic E-state index is 0.0674. The number of furan rings is 1. The van der Waals surface area contributed by atoms with Crippen LogP contribution < -0.4 is 4.74 Å². The second-order valence-electron chi connectivity index (χ2n) is 7.26. The molecule has 0 aliphatic heterocycles. The summed E-state index contributed by atoms with van der Waals surface area (Å²) in [6.07, 6.45) is 1.66. The summed E-state index contributed by atoms with van der Waals surface area (Å²) in [5.74, 6) is 2.75. The second kappa shape index (κ2) is 8.85. The van der Waals surface area contributed by atoms with E-state index in [2.05, 4.69) is 14.8 Å². The third-order valence-electron chi connectivity index (χ3n) is 5.28. The van der Waals surface area contributed by atoms with Gasteiger partial charge in [-0.15, -0.1) is 10.2 Å². The van der Waals surface area contributed by atoms with Crippen LogP contribution in [0.2, 0.25) is 0 Å². The van der Waals surface area contributed by atoms with Crippen molar-refractivity contribution in [3.8, 4) is 17.1 Å². The molecular weight excluding hydrogens is 412 g/mol. The topological polar surface area (TPSA) is 75.1 Å². The molecular formula is C23H24N4O3S. The van der Waals surface area contributed by atoms with E-state index in [0.717, 1.165) is 39.8 Å². The van der Waals surface area contributed by atoms with E-state index in [1.165, 1.54) is 11.8 Å². The van der Waals surface area contributed by atoms with Gasteiger partial charge in [0.1, 0.15) is 11.5 Å². The van der Waals surface area contributed by atoms with Crippen molar-refractivity contribution in [1.82, 2.24) is 19.3 Å². The fourth-order valence-electron chi connectivity index (χ4n) is 3.53. The summed E-state index contributed by atoms with van der Waals surface area (Å²) < 4.78 is 14.7. The molecule has 8 heteroatoms. The van der Waals surface area contributed by atoms with Gasteiger partial charge in [0.2, 0.25) is 0 Å². The predicted octanol–water partition coefficient (Wildman–Crippen LogP) is 4.53. The Labute approximate surface area is 185 Å². The number of ether oxygens (including phenoxy) is 1. The molecule has 3 aromatic heterocycles. The van der Waals surface area contributed by atoms with E-state index in [4.69, 9.17) is 9.15 Å². The quantitative estimate of drug-likeness (QED) is 0.298. The Bertz CT molecular complexity index is 1190. The average Bonchev–Trinajstić information content (AvgIpc) is 3.49. The van der Waals surface area contributed by atoms with E-state index in [9.17, 15) is 4.79 Å². The lowest BCUT2D eigenvalue weighted by atomic mass is 10.2. The molecule has 0 unspecified atom stereocenters. The van der Waals surface area contributed by atoms with Gasteiger partial charge in [-0.3, -0.25) is 4.79 Å². The molecule has 3 heterocycles. The molecule has 0 amide bonds. The van der Waals surface area contributed by atoms with Crippen molar-refractivity contribution in [2.75, 3.05) is 12.9 Å². The number of aryl methyl sites for hydroxylation is 1. The first-order valence-electron chi connectivity index (χ1n) is 9.87. The molecule has 4 aromatic rings. The highest BCUT2D eigenvalue weighted by molar-refractivity contribution is 7.99. The van der Waals surface area contributed by atoms with Crippen LogP contribution in [0.15, 0.2) is 58.3 Å². The molecule has 0 N–H and O–H groups in total. The van der Waals surface area contributed by atoms with Gasteiger partial charge in [0.15, 0.2) is 16.8 Å². The minimum Gasteiger partial charge on any atom is -0.497 e. The standard InChI is InChI=1S/C23H24N4O3S/c1-15-12-20(16(2)27(15)13-19-6-5-11-30-19)21(28)14-31-23-25-24-22(26(23)3)17-7-9-18(29-4)10-8-17/h5-12H,13-14H2,1-4H3. The number of benzene rings is 1. The third-order valence-corrected chi connectivity index (χ3v) is 6.30. The first-order valence-corrected chi connectivity index (χ1v) is 10.9. The molecule has 0 spiro atoms. The Kier molecular flexibility index (Phi) is 5.99. The Morgan fingerprint density at radius 3 is 2.61 bits per heavy atom. The predicted molar refractivity (Wildman–Crippen MR) is 120 cm³/mol. The molecule has 0 saturated carbocycles. The van der Waals surface area contributed by atoms with Gasteiger partial charge in [0.25, 0.3) is 0 Å². The van der Waals surface area contributed by atoms with Gasteiger partial charge >= 0.3 is 0 Å². The van der Waals surface area contributed by atoms with Crippen LogP contribution in [-0.4, -0.2) is 38.0 Å². The van der Waals surface area contributed by atoms with Crippen LogP contribution in [0.1, 0.15) is 27.5 Å². The molecule has 0 aliphatic carbocycles. The van der Waals surface area contributed by atoms with E-state index in [0.29, 0.717) is 17.5 Å². The maximum atomic E-state index is 12.9. The van der Waals surface area contributed by atoms with E-state index >= 15 is 0 Å². The van der Waals surface area contributed by atoms with Crippen LogP contribution in [0.3, 0.4) is 0 Å². The number of aromatic nitrogens is 4. The maximum Gasteiger partial charge on any atom is 0.191 e. The molecule has 0 atom stereocenters. The Balaban J connectivity index is 1.46. The lowest BCUT2D eigenvalue weighted by molar-refractivity contribution is 0.102. The van der Waals surface area contributed by atoms with Crippen LogP contribution in [0.5, 0.6) is 5.75 Å². The summed E-state index contributed by atoms with van der Waals surface area (Å²) in [5.41, 5.74) is 3.64. The summed E-state index contributed by atoms with van der Waals surface area (Å²) in [6.45, 7) is 4.58. The van der Waals surface area contributed by atoms with Gasteiger partial charge in [-0.25, -0.2) is 0 Å². The summed E-state index contributed by atoms with van der Waals surface area (Å²) >= 11 is 1.39. The normalized spacial score (nSPS) is 11.1. The number of carbonyl (C=O) groups is 1. The van der Waals surface area contributed by atoms with Crippen LogP contribution in [0.25, 0.3) is 11.4 Å². The fraction of sp³-hybridized carbons (Fsp3) is 0.261. The Morgan fingerprint density at radius 2 is 1.94 bits per heavy atom. The van der Waals surface area contributed by atoms with E-state index in [1.807, 2.05) is 67.9 Å². The van der Waals surface area contributed by atoms with Crippen LogP contribution >= 0.6 is 11.8 Å². The molecule has 0 saturated heterocycles. The van der Waals surface area contributed by atoms with Crippen molar-refractivity contribution >= 4 is 17.5 Å². The molecule has 0 bridgehead atoms. The number of nitrogens with zero attached hydrogens (tertiary/aromatic N) is 4. The summed E-state index contributed by atoms with van der Waals surface area (Å²) in [4.78, 5) is 12.9. The summed E-state index contributed by atoms with van der Waals surface area (Å²) in [6, 6.07) is 13.4. The van der Waals surface area contributed by atoms with Gasteiger partial charge in [0.05, 0.1) is 25.7 Å². The van der Waals surface area contributed by atoms with Crippen molar-refractivity contribution in [3.05, 3.63) is 71.4 Å². The largest absolute Gasteiger partial charge is 0.497 e. The fourth-order valence-corrected chi connectivity index (χ4v) is 4.32. The number of carbonyl (C=O) groups excluding carboxylic acids is 1. The first kappa shape index (κ1) is 21.0. The number of methoxy groups -OCH3 is 1. The molecule has 7 nitrogen and oxygen atoms in total. The zero-order chi connectivity index (χ0) is 22.0. The lowest BCUT2D eigenvalue weighted by Crippen LogP contribution is -2.08. The Morgan fingerprint density at radius 1 is 1.16 bits per heavy atom. The van der Waals surface area contributed by atoms with Crippen molar-refractivity contribution in [1.29, 1.82) is 0 Å². The van der Waals surface area contributed by atoms with Gasteiger partial charge < -0.3 is 18.3 Å². The van der Waals surface area contributed by atoms with Gasteiger partial charge in [-0.2, -0.15) is 0 Å². The molecule has 0 aliphatic rings. The van der Waals surface area contributed by atoms with Crippen molar-refractivity contribution in [2.45, 2.75) is 25.5 Å². The van der Waals surface area contributed by atoms with Crippen LogP contribution in [0.4, 0.5) is 0 Å². The van der Waals surface area contributed by atoms with Crippen LogP contribution in [-0.2, 0) is 13.6 Å². The van der Waals surface area contributed by atoms with E-state index < -0.39 is 0 Å². The monoisotopic (exact) mass is 436 g/mol. The third kappa shape index (κ3) is 4.29. The number of Topliss-reactive ketones (excluding diaryl/α,β-unsaturated/α-hetero) is 1. The van der Waals surface area contributed by atoms with Crippen molar-refractivity contribution in [2.24, 2.45) is 7.05 Å². The first-order chi connectivity index (χ1) is 15.0. The van der Waals surface area contributed by atoms with E-state index in [-0.39, 0.29) is 5.78 Å². The number of rotatable bonds is 8. The molecule has 160 valence electrons. The van der Waals surface area contributed by atoms with Crippen molar-refractivity contribution < 1.29 is 13.9 Å². The molecule has 1 aromatic carbocycles. The minimum absolute atomic E-state index is 0.0674. The number of ketones is 1. The highest BCUT2D eigenvalue weighted by Gasteiger charge is 2.18. The Hall–Kier alpha value is -3.26. The van der Waals surface area contributed by atoms with Gasteiger partial charge in [-0.05, 0) is 56.3 Å². The lowest BCUT2D eigenvalue weighted by Gasteiger charge is -2.08. The average molecular weight is 437 g/mol. The highest BCUT2D eigenvalue weighted by atomic mass is 32.2. The van der Waals surface area contributed by atoms with E-state index in [1.54, 1.807) is 13.4 Å². The number of hydrogen-bond donors (Lipinski definition) is 0. The summed E-state index contributed by atoms with van der Waals surface area (Å²) in [7, 11) is 3.54. The molecule has 4 rings (SSSR count). The molecule has 0 fully saturated rings. The highest BCUT2D eigenvalue weighted by Crippen LogP contribution is 2.26. The zero-order valence-electron chi connectivity index (χ0n) is 18.0. The van der Waals surface area contributed by atoms with Crippen LogP contribution in [0, 0.1) is 13.8 Å². The maximum absolute atomic E-state index is 12.9. The van der Waals surface area contributed by atoms with Gasteiger partial charge in [0, 0.05) is 29.6 Å². The number of hydrogen-bond acceptors (Lipinski definition) is 6. The summed E-state index contributed by atoms with van der Waals surface area (Å²) in [5, 5.41) is 9.26. The second-order valence-corrected chi connectivity index (χ2v) is 8.20. The van der Waals surface area contributed by atoms with Crippen molar-refractivity contribution in [3.63, 3.8) is 0 Å². The van der Waals surface area contributed by atoms with Gasteiger partial charge in [-0.1, -0.05) is 11.8 Å².